The molecule has 10 heteroatoms. The molecule has 0 saturated heterocycles. The SMILES string of the molecule is COc1cc(N(C)C(=O)C(=O)Nc2cccc(CNC(=O)OC(C)(C)C)c2)ccc1-c1cnco1. The highest BCUT2D eigenvalue weighted by Gasteiger charge is 2.22. The molecule has 2 aromatic carbocycles. The van der Waals surface area contributed by atoms with E-state index in [0.29, 0.717) is 28.4 Å². The highest BCUT2D eigenvalue weighted by molar-refractivity contribution is 6.44. The lowest BCUT2D eigenvalue weighted by atomic mass is 10.1. The van der Waals surface area contributed by atoms with Crippen molar-refractivity contribution in [2.45, 2.75) is 32.9 Å². The number of hydrogen-bond donors (Lipinski definition) is 2. The van der Waals surface area contributed by atoms with E-state index >= 15 is 0 Å². The zero-order valence-electron chi connectivity index (χ0n) is 20.2. The Hall–Kier alpha value is -4.34. The topological polar surface area (TPSA) is 123 Å². The molecule has 0 saturated carbocycles. The summed E-state index contributed by atoms with van der Waals surface area (Å²) >= 11 is 0. The molecule has 1 heterocycles. The van der Waals surface area contributed by atoms with Gasteiger partial charge in [-0.25, -0.2) is 9.78 Å². The number of nitrogens with zero attached hydrogens (tertiary/aromatic N) is 2. The van der Waals surface area contributed by atoms with Crippen LogP contribution >= 0.6 is 0 Å². The van der Waals surface area contributed by atoms with Crippen molar-refractivity contribution >= 4 is 29.3 Å². The number of hydrogen-bond acceptors (Lipinski definition) is 7. The summed E-state index contributed by atoms with van der Waals surface area (Å²) < 4.78 is 15.9. The molecule has 3 rings (SSSR count). The molecule has 1 aromatic heterocycles. The smallest absolute Gasteiger partial charge is 0.407 e. The average Bonchev–Trinajstić information content (AvgIpc) is 3.35. The van der Waals surface area contributed by atoms with Crippen LogP contribution in [0.25, 0.3) is 11.3 Å². The number of ether oxygens (including phenoxy) is 2. The number of carbonyl (C=O) groups is 3. The van der Waals surface area contributed by atoms with Gasteiger partial charge in [0.05, 0.1) is 18.9 Å². The summed E-state index contributed by atoms with van der Waals surface area (Å²) in [4.78, 5) is 42.4. The Labute approximate surface area is 203 Å². The summed E-state index contributed by atoms with van der Waals surface area (Å²) in [5.41, 5.74) is 1.66. The summed E-state index contributed by atoms with van der Waals surface area (Å²) in [6, 6.07) is 11.8. The lowest BCUT2D eigenvalue weighted by molar-refractivity contribution is -0.134. The van der Waals surface area contributed by atoms with Crippen LogP contribution in [0.4, 0.5) is 16.2 Å². The first-order valence-electron chi connectivity index (χ1n) is 10.8. The van der Waals surface area contributed by atoms with E-state index in [-0.39, 0.29) is 6.54 Å². The van der Waals surface area contributed by atoms with Gasteiger partial charge in [-0.05, 0) is 50.6 Å². The Morgan fingerprint density at radius 3 is 2.54 bits per heavy atom. The van der Waals surface area contributed by atoms with E-state index in [1.807, 2.05) is 0 Å². The lowest BCUT2D eigenvalue weighted by Crippen LogP contribution is -2.37. The summed E-state index contributed by atoms with van der Waals surface area (Å²) in [5, 5.41) is 5.24. The number of nitrogens with one attached hydrogen (secondary N) is 2. The van der Waals surface area contributed by atoms with Crippen LogP contribution in [0.3, 0.4) is 0 Å². The molecule has 0 fully saturated rings. The second-order valence-electron chi connectivity index (χ2n) is 8.62. The molecule has 184 valence electrons. The Bertz CT molecular complexity index is 1200. The third-order valence-electron chi connectivity index (χ3n) is 4.79. The third kappa shape index (κ3) is 6.83. The summed E-state index contributed by atoms with van der Waals surface area (Å²) in [7, 11) is 2.99. The number of benzene rings is 2. The number of alkyl carbamates (subject to hydrolysis) is 1. The number of aromatic nitrogens is 1. The van der Waals surface area contributed by atoms with E-state index in [1.54, 1.807) is 69.4 Å². The molecule has 0 bridgehead atoms. The van der Waals surface area contributed by atoms with Crippen molar-refractivity contribution in [2.75, 3.05) is 24.4 Å². The molecular formula is C25H28N4O6. The minimum Gasteiger partial charge on any atom is -0.496 e. The van der Waals surface area contributed by atoms with E-state index in [2.05, 4.69) is 15.6 Å². The van der Waals surface area contributed by atoms with E-state index in [1.165, 1.54) is 25.5 Å². The average molecular weight is 481 g/mol. The quantitative estimate of drug-likeness (QED) is 0.512. The maximum Gasteiger partial charge on any atom is 0.407 e. The van der Waals surface area contributed by atoms with Crippen molar-refractivity contribution in [3.05, 3.63) is 60.6 Å². The summed E-state index contributed by atoms with van der Waals surface area (Å²) in [5.74, 6) is -0.606. The van der Waals surface area contributed by atoms with E-state index in [4.69, 9.17) is 13.9 Å². The zero-order valence-corrected chi connectivity index (χ0v) is 20.2. The number of likely N-dealkylation sites (N-methyl/N-ethyl adjacent to an activating group) is 1. The third-order valence-corrected chi connectivity index (χ3v) is 4.79. The maximum atomic E-state index is 12.8. The Morgan fingerprint density at radius 2 is 1.89 bits per heavy atom. The van der Waals surface area contributed by atoms with Gasteiger partial charge in [-0.3, -0.25) is 9.59 Å². The molecule has 0 aliphatic heterocycles. The number of carbonyl (C=O) groups excluding carboxylic acids is 3. The first-order valence-corrected chi connectivity index (χ1v) is 10.8. The highest BCUT2D eigenvalue weighted by atomic mass is 16.6. The molecule has 10 nitrogen and oxygen atoms in total. The van der Waals surface area contributed by atoms with Crippen molar-refractivity contribution in [3.63, 3.8) is 0 Å². The van der Waals surface area contributed by atoms with Crippen LogP contribution in [0.15, 0.2) is 59.5 Å². The Balaban J connectivity index is 1.64. The monoisotopic (exact) mass is 480 g/mol. The van der Waals surface area contributed by atoms with Crippen molar-refractivity contribution in [3.8, 4) is 17.1 Å². The van der Waals surface area contributed by atoms with E-state index < -0.39 is 23.5 Å². The lowest BCUT2D eigenvalue weighted by Gasteiger charge is -2.20. The minimum atomic E-state index is -0.817. The van der Waals surface area contributed by atoms with E-state index in [9.17, 15) is 14.4 Å². The molecule has 3 amide bonds. The van der Waals surface area contributed by atoms with Crippen molar-refractivity contribution < 1.29 is 28.3 Å². The van der Waals surface area contributed by atoms with Gasteiger partial charge in [0.25, 0.3) is 0 Å². The summed E-state index contributed by atoms with van der Waals surface area (Å²) in [6.07, 6.45) is 2.32. The van der Waals surface area contributed by atoms with Gasteiger partial charge in [-0.2, -0.15) is 0 Å². The first kappa shape index (κ1) is 25.3. The second kappa shape index (κ2) is 10.7. The van der Waals surface area contributed by atoms with Crippen molar-refractivity contribution in [2.24, 2.45) is 0 Å². The molecule has 0 aliphatic carbocycles. The number of anilines is 2. The zero-order chi connectivity index (χ0) is 25.6. The molecular weight excluding hydrogens is 452 g/mol. The standard InChI is InChI=1S/C25H28N4O6/c1-25(2,3)35-24(32)27-13-16-7-6-8-17(11-16)28-22(30)23(31)29(4)18-9-10-19(20(12-18)33-5)21-14-26-15-34-21/h6-12,14-15H,13H2,1-5H3,(H,27,32)(H,28,30). The van der Waals surface area contributed by atoms with Crippen LogP contribution in [0.1, 0.15) is 26.3 Å². The minimum absolute atomic E-state index is 0.198. The molecule has 0 aliphatic rings. The highest BCUT2D eigenvalue weighted by Crippen LogP contribution is 2.33. The predicted molar refractivity (Wildman–Crippen MR) is 130 cm³/mol. The normalized spacial score (nSPS) is 10.9. The molecule has 0 radical (unpaired) electrons. The van der Waals surface area contributed by atoms with Crippen LogP contribution in [0, 0.1) is 0 Å². The predicted octanol–water partition coefficient (Wildman–Crippen LogP) is 3.98. The van der Waals surface area contributed by atoms with Crippen LogP contribution in [-0.2, 0) is 20.9 Å². The van der Waals surface area contributed by atoms with Crippen LogP contribution in [-0.4, -0.2) is 42.7 Å². The van der Waals surface area contributed by atoms with Gasteiger partial charge in [0.15, 0.2) is 12.2 Å². The van der Waals surface area contributed by atoms with Gasteiger partial charge in [-0.1, -0.05) is 12.1 Å². The molecule has 0 unspecified atom stereocenters. The van der Waals surface area contributed by atoms with Gasteiger partial charge >= 0.3 is 17.9 Å². The van der Waals surface area contributed by atoms with Gasteiger partial charge in [-0.15, -0.1) is 0 Å². The van der Waals surface area contributed by atoms with Gasteiger partial charge in [0.2, 0.25) is 0 Å². The molecule has 0 spiro atoms. The van der Waals surface area contributed by atoms with Gasteiger partial charge in [0.1, 0.15) is 11.4 Å². The Kier molecular flexibility index (Phi) is 7.75. The van der Waals surface area contributed by atoms with Crippen molar-refractivity contribution in [1.82, 2.24) is 10.3 Å². The first-order chi connectivity index (χ1) is 16.6. The van der Waals surface area contributed by atoms with Crippen LogP contribution < -0.4 is 20.3 Å². The number of rotatable bonds is 6. The molecule has 2 N–H and O–H groups in total. The van der Waals surface area contributed by atoms with Crippen LogP contribution in [0.2, 0.25) is 0 Å². The number of oxazole rings is 1. The Morgan fingerprint density at radius 1 is 1.11 bits per heavy atom. The number of amides is 3. The summed E-state index contributed by atoms with van der Waals surface area (Å²) in [6.45, 7) is 5.52. The van der Waals surface area contributed by atoms with E-state index in [0.717, 1.165) is 5.56 Å². The molecule has 35 heavy (non-hydrogen) atoms. The van der Waals surface area contributed by atoms with Crippen LogP contribution in [0.5, 0.6) is 5.75 Å². The fraction of sp³-hybridized carbons (Fsp3) is 0.280. The second-order valence-corrected chi connectivity index (χ2v) is 8.62. The largest absolute Gasteiger partial charge is 0.496 e. The van der Waals surface area contributed by atoms with Crippen molar-refractivity contribution in [1.29, 1.82) is 0 Å². The molecule has 0 atom stereocenters. The fourth-order valence-corrected chi connectivity index (χ4v) is 3.14. The van der Waals surface area contributed by atoms with Gasteiger partial charge in [0, 0.05) is 31.0 Å². The number of methoxy groups -OCH3 is 1. The molecule has 3 aromatic rings. The maximum absolute atomic E-state index is 12.8. The van der Waals surface area contributed by atoms with Gasteiger partial charge < -0.3 is 29.4 Å². The fourth-order valence-electron chi connectivity index (χ4n) is 3.14.